The van der Waals surface area contributed by atoms with Crippen LogP contribution in [-0.4, -0.2) is 37.3 Å². The van der Waals surface area contributed by atoms with Crippen LogP contribution in [0.25, 0.3) is 0 Å². The van der Waals surface area contributed by atoms with Crippen molar-refractivity contribution >= 4 is 6.09 Å². The zero-order valence-corrected chi connectivity index (χ0v) is 16.2. The minimum atomic E-state index is -0.178. The molecule has 4 aliphatic heterocycles. The van der Waals surface area contributed by atoms with Gasteiger partial charge in [-0.05, 0) is 36.2 Å². The molecule has 0 aromatic heterocycles. The number of hydrogen-bond acceptors (Lipinski definition) is 6. The van der Waals surface area contributed by atoms with Gasteiger partial charge in [0.2, 0.25) is 13.6 Å². The van der Waals surface area contributed by atoms with E-state index in [0.717, 1.165) is 47.0 Å². The molecule has 0 saturated heterocycles. The fourth-order valence-corrected chi connectivity index (χ4v) is 5.20. The van der Waals surface area contributed by atoms with Crippen LogP contribution in [0.5, 0.6) is 23.0 Å². The van der Waals surface area contributed by atoms with Gasteiger partial charge in [-0.25, -0.2) is 4.48 Å². The minimum Gasteiger partial charge on any atom is -0.454 e. The molecule has 0 N–H and O–H groups in total. The Kier molecular flexibility index (Phi) is 3.53. The lowest BCUT2D eigenvalue weighted by atomic mass is 9.81. The molecule has 29 heavy (non-hydrogen) atoms. The number of ether oxygens (including phenoxy) is 5. The SMILES string of the molecule is CCOC(=O)[N+]12CCc3cc4c(cc3C1Cc1ccc3c(c1C2)OCO3)OCO4. The van der Waals surface area contributed by atoms with E-state index in [-0.39, 0.29) is 30.2 Å². The van der Waals surface area contributed by atoms with E-state index in [1.807, 2.05) is 13.0 Å². The van der Waals surface area contributed by atoms with Crippen molar-refractivity contribution in [3.8, 4) is 23.0 Å². The van der Waals surface area contributed by atoms with Crippen LogP contribution >= 0.6 is 0 Å². The lowest BCUT2D eigenvalue weighted by Crippen LogP contribution is -2.60. The number of carbonyl (C=O) groups is 1. The summed E-state index contributed by atoms with van der Waals surface area (Å²) in [5, 5.41) is 0. The first-order chi connectivity index (χ1) is 14.2. The zero-order chi connectivity index (χ0) is 19.6. The quantitative estimate of drug-likeness (QED) is 0.688. The molecule has 2 unspecified atom stereocenters. The van der Waals surface area contributed by atoms with Crippen molar-refractivity contribution in [2.24, 2.45) is 0 Å². The second-order valence-electron chi connectivity index (χ2n) is 7.93. The summed E-state index contributed by atoms with van der Waals surface area (Å²) in [5.41, 5.74) is 4.63. The van der Waals surface area contributed by atoms with E-state index in [4.69, 9.17) is 23.7 Å². The van der Waals surface area contributed by atoms with Crippen molar-refractivity contribution in [2.75, 3.05) is 26.7 Å². The van der Waals surface area contributed by atoms with E-state index in [1.54, 1.807) is 0 Å². The monoisotopic (exact) mass is 396 g/mol. The fraction of sp³-hybridized carbons (Fsp3) is 0.409. The number of benzene rings is 2. The molecule has 0 spiro atoms. The molecule has 0 aliphatic carbocycles. The van der Waals surface area contributed by atoms with Gasteiger partial charge in [-0.1, -0.05) is 6.07 Å². The molecule has 0 fully saturated rings. The molecule has 6 rings (SSSR count). The molecule has 150 valence electrons. The number of carbonyl (C=O) groups excluding carboxylic acids is 1. The number of rotatable bonds is 1. The van der Waals surface area contributed by atoms with Crippen LogP contribution in [0.4, 0.5) is 4.79 Å². The van der Waals surface area contributed by atoms with Crippen molar-refractivity contribution in [1.82, 2.24) is 0 Å². The molecule has 2 aromatic carbocycles. The average Bonchev–Trinajstić information content (AvgIpc) is 3.40. The third-order valence-electron chi connectivity index (χ3n) is 6.59. The fourth-order valence-electron chi connectivity index (χ4n) is 5.20. The zero-order valence-electron chi connectivity index (χ0n) is 16.2. The van der Waals surface area contributed by atoms with Crippen molar-refractivity contribution in [1.29, 1.82) is 0 Å². The van der Waals surface area contributed by atoms with Crippen LogP contribution in [0.1, 0.15) is 35.2 Å². The summed E-state index contributed by atoms with van der Waals surface area (Å²) in [6.07, 6.45) is 1.34. The lowest BCUT2D eigenvalue weighted by molar-refractivity contribution is -0.906. The summed E-state index contributed by atoms with van der Waals surface area (Å²) < 4.78 is 28.4. The lowest BCUT2D eigenvalue weighted by Gasteiger charge is -2.47. The van der Waals surface area contributed by atoms with Gasteiger partial charge in [0.25, 0.3) is 0 Å². The van der Waals surface area contributed by atoms with Crippen LogP contribution in [-0.2, 0) is 24.1 Å². The van der Waals surface area contributed by atoms with E-state index >= 15 is 0 Å². The first-order valence-corrected chi connectivity index (χ1v) is 10.1. The summed E-state index contributed by atoms with van der Waals surface area (Å²) in [5.74, 6) is 3.08. The second-order valence-corrected chi connectivity index (χ2v) is 7.93. The molecule has 7 nitrogen and oxygen atoms in total. The summed E-state index contributed by atoms with van der Waals surface area (Å²) >= 11 is 0. The van der Waals surface area contributed by atoms with Gasteiger partial charge in [0.1, 0.15) is 12.6 Å². The van der Waals surface area contributed by atoms with Gasteiger partial charge in [0.05, 0.1) is 18.7 Å². The van der Waals surface area contributed by atoms with E-state index in [1.165, 1.54) is 11.1 Å². The van der Waals surface area contributed by atoms with Crippen molar-refractivity contribution in [3.63, 3.8) is 0 Å². The Morgan fingerprint density at radius 2 is 1.86 bits per heavy atom. The standard InChI is InChI=1S/C22H22NO6/c1-2-25-22(24)23-6-5-14-8-19-20(28-11-27-19)9-15(14)17(23)7-13-3-4-18-21(16(13)10-23)29-12-26-18/h3-4,8-9,17H,2,5-7,10-12H2,1H3/q+1. The highest BCUT2D eigenvalue weighted by Gasteiger charge is 2.54. The highest BCUT2D eigenvalue weighted by molar-refractivity contribution is 5.64. The van der Waals surface area contributed by atoms with Crippen molar-refractivity contribution < 1.29 is 33.0 Å². The van der Waals surface area contributed by atoms with Gasteiger partial charge in [-0.15, -0.1) is 0 Å². The Morgan fingerprint density at radius 1 is 1.07 bits per heavy atom. The minimum absolute atomic E-state index is 0.0276. The van der Waals surface area contributed by atoms with E-state index in [0.29, 0.717) is 19.7 Å². The number of fused-ring (bicyclic) bond motifs is 7. The van der Waals surface area contributed by atoms with Gasteiger partial charge in [0, 0.05) is 18.4 Å². The van der Waals surface area contributed by atoms with Gasteiger partial charge >= 0.3 is 6.09 Å². The molecule has 4 heterocycles. The number of amides is 1. The molecule has 7 heteroatoms. The summed E-state index contributed by atoms with van der Waals surface area (Å²) in [6.45, 7) is 3.90. The van der Waals surface area contributed by atoms with E-state index in [2.05, 4.69) is 18.2 Å². The van der Waals surface area contributed by atoms with E-state index in [9.17, 15) is 4.79 Å². The van der Waals surface area contributed by atoms with Gasteiger partial charge in [-0.2, -0.15) is 4.79 Å². The molecular formula is C22H22NO6+. The van der Waals surface area contributed by atoms with Gasteiger partial charge < -0.3 is 23.7 Å². The number of quaternary nitrogens is 1. The highest BCUT2D eigenvalue weighted by atomic mass is 16.7. The predicted octanol–water partition coefficient (Wildman–Crippen LogP) is 3.47. The third-order valence-corrected chi connectivity index (χ3v) is 6.59. The van der Waals surface area contributed by atoms with Crippen molar-refractivity contribution in [2.45, 2.75) is 32.4 Å². The molecule has 0 saturated carbocycles. The molecule has 4 aliphatic rings. The highest BCUT2D eigenvalue weighted by Crippen LogP contribution is 2.51. The Labute approximate surface area is 168 Å². The molecule has 2 atom stereocenters. The molecular weight excluding hydrogens is 374 g/mol. The molecule has 1 amide bonds. The number of hydrogen-bond donors (Lipinski definition) is 0. The Hall–Kier alpha value is -2.93. The van der Waals surface area contributed by atoms with Gasteiger partial charge in [0.15, 0.2) is 23.0 Å². The molecule has 2 aromatic rings. The first-order valence-electron chi connectivity index (χ1n) is 10.1. The smallest absolute Gasteiger partial charge is 0.454 e. The van der Waals surface area contributed by atoms with Crippen LogP contribution in [0.2, 0.25) is 0 Å². The predicted molar refractivity (Wildman–Crippen MR) is 101 cm³/mol. The number of nitrogens with zero attached hydrogens (tertiary/aromatic N) is 1. The average molecular weight is 396 g/mol. The summed E-state index contributed by atoms with van der Waals surface area (Å²) in [6, 6.07) is 8.18. The van der Waals surface area contributed by atoms with Crippen LogP contribution < -0.4 is 18.9 Å². The Balaban J connectivity index is 1.52. The normalized spacial score (nSPS) is 25.1. The first kappa shape index (κ1) is 17.0. The molecule has 0 bridgehead atoms. The van der Waals surface area contributed by atoms with Crippen LogP contribution in [0.15, 0.2) is 24.3 Å². The molecule has 0 radical (unpaired) electrons. The van der Waals surface area contributed by atoms with E-state index < -0.39 is 0 Å². The topological polar surface area (TPSA) is 63.2 Å². The Bertz CT molecular complexity index is 1030. The third kappa shape index (κ3) is 2.31. The van der Waals surface area contributed by atoms with Crippen LogP contribution in [0, 0.1) is 0 Å². The maximum atomic E-state index is 13.3. The Morgan fingerprint density at radius 3 is 2.72 bits per heavy atom. The largest absolute Gasteiger partial charge is 0.516 e. The maximum Gasteiger partial charge on any atom is 0.516 e. The van der Waals surface area contributed by atoms with Crippen molar-refractivity contribution in [3.05, 3.63) is 46.5 Å². The van der Waals surface area contributed by atoms with Gasteiger partial charge in [-0.3, -0.25) is 0 Å². The summed E-state index contributed by atoms with van der Waals surface area (Å²) in [7, 11) is 0. The second kappa shape index (κ2) is 6.03. The van der Waals surface area contributed by atoms with Crippen LogP contribution in [0.3, 0.4) is 0 Å². The summed E-state index contributed by atoms with van der Waals surface area (Å²) in [4.78, 5) is 13.3. The maximum absolute atomic E-state index is 13.3.